The summed E-state index contributed by atoms with van der Waals surface area (Å²) in [5.74, 6) is 1.85. The molecular formula is C16H17N3O3. The van der Waals surface area contributed by atoms with Crippen molar-refractivity contribution in [2.45, 2.75) is 19.4 Å². The van der Waals surface area contributed by atoms with Crippen LogP contribution in [0.1, 0.15) is 18.0 Å². The molecule has 0 aliphatic carbocycles. The predicted molar refractivity (Wildman–Crippen MR) is 80.1 cm³/mol. The minimum absolute atomic E-state index is 0.0322. The van der Waals surface area contributed by atoms with Crippen LogP contribution >= 0.6 is 0 Å². The number of hydrogen-bond donors (Lipinski definition) is 0. The van der Waals surface area contributed by atoms with E-state index in [1.54, 1.807) is 41.6 Å². The minimum Gasteiger partial charge on any atom is -0.472 e. The highest BCUT2D eigenvalue weighted by Crippen LogP contribution is 2.17. The number of rotatable bonds is 4. The maximum absolute atomic E-state index is 12.1. The predicted octanol–water partition coefficient (Wildman–Crippen LogP) is 2.07. The maximum atomic E-state index is 12.1. The third-order valence-electron chi connectivity index (χ3n) is 3.43. The van der Waals surface area contributed by atoms with Gasteiger partial charge in [0.15, 0.2) is 0 Å². The van der Waals surface area contributed by atoms with Crippen LogP contribution in [-0.2, 0) is 4.79 Å². The van der Waals surface area contributed by atoms with Crippen molar-refractivity contribution < 1.29 is 13.9 Å². The number of carbonyl (C=O) groups excluding carboxylic acids is 1. The number of nitrogens with zero attached hydrogens (tertiary/aromatic N) is 3. The summed E-state index contributed by atoms with van der Waals surface area (Å²) in [5, 5.41) is 0. The lowest BCUT2D eigenvalue weighted by Crippen LogP contribution is -2.29. The zero-order valence-electron chi connectivity index (χ0n) is 12.3. The van der Waals surface area contributed by atoms with Crippen LogP contribution in [-0.4, -0.2) is 40.0 Å². The van der Waals surface area contributed by atoms with E-state index in [1.807, 2.05) is 6.92 Å². The second-order valence-electron chi connectivity index (χ2n) is 5.10. The molecule has 0 bridgehead atoms. The average Bonchev–Trinajstić information content (AvgIpc) is 3.16. The molecule has 0 N–H and O–H groups in total. The van der Waals surface area contributed by atoms with Crippen LogP contribution in [0.2, 0.25) is 0 Å². The van der Waals surface area contributed by atoms with E-state index in [1.165, 1.54) is 6.08 Å². The lowest BCUT2D eigenvalue weighted by atomic mass is 10.3. The van der Waals surface area contributed by atoms with Crippen molar-refractivity contribution in [1.29, 1.82) is 0 Å². The Kier molecular flexibility index (Phi) is 4.18. The topological polar surface area (TPSA) is 68.5 Å². The van der Waals surface area contributed by atoms with Crippen LogP contribution in [0.5, 0.6) is 5.88 Å². The number of aromatic nitrogens is 2. The van der Waals surface area contributed by atoms with Gasteiger partial charge >= 0.3 is 0 Å². The number of furan rings is 1. The lowest BCUT2D eigenvalue weighted by Gasteiger charge is -2.15. The number of carbonyl (C=O) groups is 1. The Bertz CT molecular complexity index is 667. The average molecular weight is 299 g/mol. The van der Waals surface area contributed by atoms with Gasteiger partial charge in [-0.15, -0.1) is 0 Å². The third-order valence-corrected chi connectivity index (χ3v) is 3.43. The van der Waals surface area contributed by atoms with Crippen LogP contribution in [0, 0.1) is 6.92 Å². The Morgan fingerprint density at radius 2 is 2.41 bits per heavy atom. The van der Waals surface area contributed by atoms with Crippen LogP contribution in [0.4, 0.5) is 0 Å². The van der Waals surface area contributed by atoms with Gasteiger partial charge in [-0.05, 0) is 25.1 Å². The molecule has 0 aromatic carbocycles. The molecule has 1 unspecified atom stereocenters. The van der Waals surface area contributed by atoms with Gasteiger partial charge in [0.1, 0.15) is 17.7 Å². The smallest absolute Gasteiger partial charge is 0.246 e. The summed E-state index contributed by atoms with van der Waals surface area (Å²) in [6, 6.07) is 5.32. The van der Waals surface area contributed by atoms with Gasteiger partial charge in [-0.1, -0.05) is 0 Å². The highest BCUT2D eigenvalue weighted by Gasteiger charge is 2.26. The normalized spacial score (nSPS) is 18.0. The van der Waals surface area contributed by atoms with Gasteiger partial charge in [-0.2, -0.15) is 4.98 Å². The number of ether oxygens (including phenoxy) is 1. The number of likely N-dealkylation sites (tertiary alicyclic amines) is 1. The molecule has 6 heteroatoms. The van der Waals surface area contributed by atoms with Crippen molar-refractivity contribution in [1.82, 2.24) is 14.9 Å². The van der Waals surface area contributed by atoms with Gasteiger partial charge in [0.25, 0.3) is 0 Å². The molecule has 0 spiro atoms. The first-order valence-electron chi connectivity index (χ1n) is 7.17. The largest absolute Gasteiger partial charge is 0.472 e. The lowest BCUT2D eigenvalue weighted by molar-refractivity contribution is -0.125. The second-order valence-corrected chi connectivity index (χ2v) is 5.10. The molecule has 0 saturated carbocycles. The van der Waals surface area contributed by atoms with Crippen molar-refractivity contribution in [2.75, 3.05) is 13.1 Å². The van der Waals surface area contributed by atoms with Gasteiger partial charge in [0, 0.05) is 31.3 Å². The molecule has 2 aromatic heterocycles. The van der Waals surface area contributed by atoms with E-state index >= 15 is 0 Å². The van der Waals surface area contributed by atoms with Crippen LogP contribution < -0.4 is 4.74 Å². The third kappa shape index (κ3) is 3.52. The van der Waals surface area contributed by atoms with Gasteiger partial charge < -0.3 is 14.1 Å². The fraction of sp³-hybridized carbons (Fsp3) is 0.312. The SMILES string of the molecule is Cc1nccc(OC2CCN(C(=O)C=Cc3ccco3)C2)n1. The Balaban J connectivity index is 1.54. The van der Waals surface area contributed by atoms with Crippen molar-refractivity contribution >= 4 is 12.0 Å². The first kappa shape index (κ1) is 14.3. The molecule has 1 saturated heterocycles. The monoisotopic (exact) mass is 299 g/mol. The summed E-state index contributed by atoms with van der Waals surface area (Å²) in [6.45, 7) is 3.05. The molecular weight excluding hydrogens is 282 g/mol. The fourth-order valence-electron chi connectivity index (χ4n) is 2.34. The van der Waals surface area contributed by atoms with Crippen LogP contribution in [0.15, 0.2) is 41.2 Å². The summed E-state index contributed by atoms with van der Waals surface area (Å²) < 4.78 is 11.0. The van der Waals surface area contributed by atoms with Gasteiger partial charge in [0.05, 0.1) is 12.8 Å². The van der Waals surface area contributed by atoms with E-state index < -0.39 is 0 Å². The molecule has 1 fully saturated rings. The van der Waals surface area contributed by atoms with Crippen LogP contribution in [0.25, 0.3) is 6.08 Å². The van der Waals surface area contributed by atoms with E-state index in [2.05, 4.69) is 9.97 Å². The summed E-state index contributed by atoms with van der Waals surface area (Å²) in [6.07, 6.45) is 7.20. The first-order valence-corrected chi connectivity index (χ1v) is 7.17. The molecule has 1 amide bonds. The molecule has 6 nitrogen and oxygen atoms in total. The Morgan fingerprint density at radius 3 is 3.18 bits per heavy atom. The van der Waals surface area contributed by atoms with Crippen molar-refractivity contribution in [3.05, 3.63) is 48.3 Å². The van der Waals surface area contributed by atoms with Crippen LogP contribution in [0.3, 0.4) is 0 Å². The fourth-order valence-corrected chi connectivity index (χ4v) is 2.34. The highest BCUT2D eigenvalue weighted by atomic mass is 16.5. The Morgan fingerprint density at radius 1 is 1.50 bits per heavy atom. The number of amides is 1. The van der Waals surface area contributed by atoms with E-state index in [0.717, 1.165) is 6.42 Å². The summed E-state index contributed by atoms with van der Waals surface area (Å²) in [7, 11) is 0. The van der Waals surface area contributed by atoms with E-state index in [4.69, 9.17) is 9.15 Å². The van der Waals surface area contributed by atoms with Crippen molar-refractivity contribution in [3.63, 3.8) is 0 Å². The number of hydrogen-bond acceptors (Lipinski definition) is 5. The molecule has 22 heavy (non-hydrogen) atoms. The minimum atomic E-state index is -0.0404. The summed E-state index contributed by atoms with van der Waals surface area (Å²) in [5.41, 5.74) is 0. The van der Waals surface area contributed by atoms with Crippen molar-refractivity contribution in [3.8, 4) is 5.88 Å². The molecule has 1 aliphatic heterocycles. The molecule has 0 radical (unpaired) electrons. The second kappa shape index (κ2) is 6.43. The van der Waals surface area contributed by atoms with E-state index in [-0.39, 0.29) is 12.0 Å². The van der Waals surface area contributed by atoms with Gasteiger partial charge in [-0.3, -0.25) is 4.79 Å². The molecule has 2 aromatic rings. The quantitative estimate of drug-likeness (QED) is 0.808. The zero-order chi connectivity index (χ0) is 15.4. The molecule has 1 aliphatic rings. The van der Waals surface area contributed by atoms with Gasteiger partial charge in [0.2, 0.25) is 11.8 Å². The van der Waals surface area contributed by atoms with Crippen molar-refractivity contribution in [2.24, 2.45) is 0 Å². The molecule has 1 atom stereocenters. The molecule has 114 valence electrons. The molecule has 3 heterocycles. The number of aryl methyl sites for hydroxylation is 1. The Labute approximate surface area is 128 Å². The highest BCUT2D eigenvalue weighted by molar-refractivity contribution is 5.91. The molecule has 3 rings (SSSR count). The standard InChI is InChI=1S/C16H17N3O3/c1-12-17-8-6-15(18-12)22-14-7-9-19(11-14)16(20)5-4-13-3-2-10-21-13/h2-6,8,10,14H,7,9,11H2,1H3. The van der Waals surface area contributed by atoms with E-state index in [0.29, 0.717) is 30.6 Å². The van der Waals surface area contributed by atoms with Gasteiger partial charge in [-0.25, -0.2) is 4.98 Å². The summed E-state index contributed by atoms with van der Waals surface area (Å²) in [4.78, 5) is 22.1. The Hall–Kier alpha value is -2.63. The maximum Gasteiger partial charge on any atom is 0.246 e. The van der Waals surface area contributed by atoms with E-state index in [9.17, 15) is 4.79 Å². The zero-order valence-corrected chi connectivity index (χ0v) is 12.3. The summed E-state index contributed by atoms with van der Waals surface area (Å²) >= 11 is 0. The first-order chi connectivity index (χ1) is 10.7.